The topological polar surface area (TPSA) is 81.3 Å². The van der Waals surface area contributed by atoms with E-state index < -0.39 is 28.5 Å². The Hall–Kier alpha value is -2.18. The van der Waals surface area contributed by atoms with Gasteiger partial charge in [0.25, 0.3) is 0 Å². The second-order valence-corrected chi connectivity index (χ2v) is 5.42. The standard InChI is InChI=1S/C13H15F2N3O2/c1-13(2,3)12-17-8-5(11(16)18-12)6(14)10(20-4)9(19)7(8)15/h19H,1-4H3,(H2,16,17,18). The van der Waals surface area contributed by atoms with Crippen LogP contribution in [0.3, 0.4) is 0 Å². The number of benzene rings is 1. The molecule has 0 unspecified atom stereocenters. The number of phenolic OH excluding ortho intramolecular Hbond substituents is 1. The van der Waals surface area contributed by atoms with Gasteiger partial charge >= 0.3 is 0 Å². The fraction of sp³-hybridized carbons (Fsp3) is 0.385. The molecular weight excluding hydrogens is 268 g/mol. The Morgan fingerprint density at radius 3 is 2.25 bits per heavy atom. The minimum Gasteiger partial charge on any atom is -0.502 e. The van der Waals surface area contributed by atoms with Crippen molar-refractivity contribution in [3.63, 3.8) is 0 Å². The van der Waals surface area contributed by atoms with Gasteiger partial charge in [-0.1, -0.05) is 20.8 Å². The van der Waals surface area contributed by atoms with E-state index in [1.165, 1.54) is 0 Å². The van der Waals surface area contributed by atoms with Crippen LogP contribution in [0.1, 0.15) is 26.6 Å². The average molecular weight is 283 g/mol. The lowest BCUT2D eigenvalue weighted by atomic mass is 9.95. The maximum atomic E-state index is 14.2. The first-order chi connectivity index (χ1) is 9.18. The number of nitrogens with zero attached hydrogens (tertiary/aromatic N) is 2. The molecule has 0 radical (unpaired) electrons. The summed E-state index contributed by atoms with van der Waals surface area (Å²) < 4.78 is 33.0. The Morgan fingerprint density at radius 2 is 1.75 bits per heavy atom. The van der Waals surface area contributed by atoms with E-state index in [-0.39, 0.29) is 22.5 Å². The third-order valence-corrected chi connectivity index (χ3v) is 2.86. The van der Waals surface area contributed by atoms with Crippen molar-refractivity contribution in [2.45, 2.75) is 26.2 Å². The maximum absolute atomic E-state index is 14.2. The van der Waals surface area contributed by atoms with E-state index in [1.54, 1.807) is 0 Å². The van der Waals surface area contributed by atoms with Gasteiger partial charge < -0.3 is 15.6 Å². The molecule has 0 atom stereocenters. The van der Waals surface area contributed by atoms with Crippen LogP contribution in [0.4, 0.5) is 14.6 Å². The lowest BCUT2D eigenvalue weighted by Gasteiger charge is -2.18. The summed E-state index contributed by atoms with van der Waals surface area (Å²) >= 11 is 0. The maximum Gasteiger partial charge on any atom is 0.200 e. The molecule has 20 heavy (non-hydrogen) atoms. The quantitative estimate of drug-likeness (QED) is 0.840. The number of anilines is 1. The summed E-state index contributed by atoms with van der Waals surface area (Å²) in [6.45, 7) is 5.43. The SMILES string of the molecule is COc1c(O)c(F)c2nc(C(C)(C)C)nc(N)c2c1F. The third kappa shape index (κ3) is 1.99. The molecule has 2 aromatic rings. The molecule has 2 rings (SSSR count). The Morgan fingerprint density at radius 1 is 1.15 bits per heavy atom. The lowest BCUT2D eigenvalue weighted by molar-refractivity contribution is 0.340. The molecule has 0 bridgehead atoms. The molecule has 1 aromatic heterocycles. The minimum absolute atomic E-state index is 0.199. The van der Waals surface area contributed by atoms with Gasteiger partial charge in [-0.25, -0.2) is 18.7 Å². The molecule has 0 aliphatic carbocycles. The third-order valence-electron chi connectivity index (χ3n) is 2.86. The number of methoxy groups -OCH3 is 1. The number of halogens is 2. The van der Waals surface area contributed by atoms with E-state index in [0.29, 0.717) is 0 Å². The normalized spacial score (nSPS) is 11.9. The minimum atomic E-state index is -1.09. The molecule has 0 aliphatic heterocycles. The molecule has 0 saturated heterocycles. The highest BCUT2D eigenvalue weighted by atomic mass is 19.1. The molecule has 0 fully saturated rings. The van der Waals surface area contributed by atoms with Crippen molar-refractivity contribution in [3.8, 4) is 11.5 Å². The van der Waals surface area contributed by atoms with Gasteiger partial charge in [0.15, 0.2) is 17.4 Å². The summed E-state index contributed by atoms with van der Waals surface area (Å²) in [7, 11) is 1.12. The summed E-state index contributed by atoms with van der Waals surface area (Å²) in [5.74, 6) is -3.57. The fourth-order valence-corrected chi connectivity index (χ4v) is 1.80. The van der Waals surface area contributed by atoms with Crippen molar-refractivity contribution >= 4 is 16.7 Å². The number of aromatic hydroxyl groups is 1. The van der Waals surface area contributed by atoms with Gasteiger partial charge in [0, 0.05) is 5.41 Å². The highest BCUT2D eigenvalue weighted by molar-refractivity contribution is 5.92. The van der Waals surface area contributed by atoms with Gasteiger partial charge in [-0.15, -0.1) is 0 Å². The summed E-state index contributed by atoms with van der Waals surface area (Å²) in [5.41, 5.74) is 4.84. The highest BCUT2D eigenvalue weighted by Gasteiger charge is 2.27. The molecule has 0 spiro atoms. The summed E-state index contributed by atoms with van der Waals surface area (Å²) in [5, 5.41) is 9.32. The zero-order valence-corrected chi connectivity index (χ0v) is 11.6. The number of phenols is 1. The first-order valence-corrected chi connectivity index (χ1v) is 5.90. The van der Waals surface area contributed by atoms with Crippen LogP contribution in [-0.4, -0.2) is 22.2 Å². The number of hydrogen-bond acceptors (Lipinski definition) is 5. The monoisotopic (exact) mass is 283 g/mol. The van der Waals surface area contributed by atoms with Crippen molar-refractivity contribution in [2.24, 2.45) is 0 Å². The molecule has 0 amide bonds. The molecule has 108 valence electrons. The second-order valence-electron chi connectivity index (χ2n) is 5.42. The van der Waals surface area contributed by atoms with Gasteiger partial charge in [0.1, 0.15) is 17.2 Å². The number of ether oxygens (including phenoxy) is 1. The number of fused-ring (bicyclic) bond motifs is 1. The zero-order chi connectivity index (χ0) is 15.2. The highest BCUT2D eigenvalue weighted by Crippen LogP contribution is 2.40. The van der Waals surface area contributed by atoms with Gasteiger partial charge in [0.2, 0.25) is 5.75 Å². The molecule has 7 heteroatoms. The number of nitrogen functional groups attached to an aromatic ring is 1. The van der Waals surface area contributed by atoms with Crippen molar-refractivity contribution in [3.05, 3.63) is 17.5 Å². The van der Waals surface area contributed by atoms with E-state index in [1.807, 2.05) is 20.8 Å². The van der Waals surface area contributed by atoms with Crippen molar-refractivity contribution in [1.82, 2.24) is 9.97 Å². The van der Waals surface area contributed by atoms with Crippen molar-refractivity contribution in [2.75, 3.05) is 12.8 Å². The smallest absolute Gasteiger partial charge is 0.200 e. The Kier molecular flexibility index (Phi) is 3.15. The van der Waals surface area contributed by atoms with Crippen LogP contribution in [0.5, 0.6) is 11.5 Å². The Balaban J connectivity index is 2.96. The van der Waals surface area contributed by atoms with Gasteiger partial charge in [-0.3, -0.25) is 0 Å². The molecule has 5 nitrogen and oxygen atoms in total. The molecular formula is C13H15F2N3O2. The Labute approximate surface area is 114 Å². The molecule has 0 aliphatic rings. The lowest BCUT2D eigenvalue weighted by Crippen LogP contribution is -2.18. The largest absolute Gasteiger partial charge is 0.502 e. The van der Waals surface area contributed by atoms with Crippen LogP contribution in [-0.2, 0) is 5.41 Å². The van der Waals surface area contributed by atoms with Crippen LogP contribution in [0, 0.1) is 11.6 Å². The van der Waals surface area contributed by atoms with Gasteiger partial charge in [-0.05, 0) is 0 Å². The molecule has 0 saturated carbocycles. The van der Waals surface area contributed by atoms with Crippen LogP contribution in [0.25, 0.3) is 10.9 Å². The molecule has 3 N–H and O–H groups in total. The van der Waals surface area contributed by atoms with E-state index in [2.05, 4.69) is 14.7 Å². The van der Waals surface area contributed by atoms with Crippen LogP contribution >= 0.6 is 0 Å². The fourth-order valence-electron chi connectivity index (χ4n) is 1.80. The van der Waals surface area contributed by atoms with Crippen LogP contribution in [0.15, 0.2) is 0 Å². The number of rotatable bonds is 1. The average Bonchev–Trinajstić information content (AvgIpc) is 2.34. The van der Waals surface area contributed by atoms with Crippen molar-refractivity contribution in [1.29, 1.82) is 0 Å². The van der Waals surface area contributed by atoms with Gasteiger partial charge in [-0.2, -0.15) is 0 Å². The number of aromatic nitrogens is 2. The van der Waals surface area contributed by atoms with E-state index in [9.17, 15) is 13.9 Å². The second kappa shape index (κ2) is 4.43. The predicted molar refractivity (Wildman–Crippen MR) is 70.8 cm³/mol. The Bertz CT molecular complexity index is 697. The van der Waals surface area contributed by atoms with Crippen LogP contribution < -0.4 is 10.5 Å². The first-order valence-electron chi connectivity index (χ1n) is 5.90. The predicted octanol–water partition coefficient (Wildman–Crippen LogP) is 2.50. The van der Waals surface area contributed by atoms with Crippen LogP contribution in [0.2, 0.25) is 0 Å². The summed E-state index contributed by atoms with van der Waals surface area (Å²) in [6.07, 6.45) is 0. The summed E-state index contributed by atoms with van der Waals surface area (Å²) in [6, 6.07) is 0. The van der Waals surface area contributed by atoms with E-state index in [4.69, 9.17) is 5.73 Å². The van der Waals surface area contributed by atoms with E-state index >= 15 is 0 Å². The first kappa shape index (κ1) is 14.2. The number of nitrogens with two attached hydrogens (primary N) is 1. The summed E-state index contributed by atoms with van der Waals surface area (Å²) in [4.78, 5) is 7.98. The van der Waals surface area contributed by atoms with Gasteiger partial charge in [0.05, 0.1) is 12.5 Å². The van der Waals surface area contributed by atoms with E-state index in [0.717, 1.165) is 7.11 Å². The zero-order valence-electron chi connectivity index (χ0n) is 11.6. The van der Waals surface area contributed by atoms with Crippen molar-refractivity contribution < 1.29 is 18.6 Å². The number of hydrogen-bond donors (Lipinski definition) is 2. The molecule has 1 aromatic carbocycles. The molecule has 1 heterocycles.